The molecule has 9 heteroatoms. The summed E-state index contributed by atoms with van der Waals surface area (Å²) in [5.41, 5.74) is -0.104. The Kier molecular flexibility index (Phi) is 4.01. The van der Waals surface area contributed by atoms with E-state index < -0.39 is 11.9 Å². The molecular weight excluding hydrogens is 285 g/mol. The molecule has 0 unspecified atom stereocenters. The Hall–Kier alpha value is -2.32. The maximum absolute atomic E-state index is 12.8. The summed E-state index contributed by atoms with van der Waals surface area (Å²) in [5, 5.41) is 6.56. The minimum Gasteiger partial charge on any atom is -0.357 e. The van der Waals surface area contributed by atoms with Crippen LogP contribution in [0.2, 0.25) is 0 Å². The first kappa shape index (κ1) is 15.1. The summed E-state index contributed by atoms with van der Waals surface area (Å²) >= 11 is 0. The van der Waals surface area contributed by atoms with Gasteiger partial charge in [0, 0.05) is 45.5 Å². The average molecular weight is 300 g/mol. The minimum absolute atomic E-state index is 0.0714. The van der Waals surface area contributed by atoms with Gasteiger partial charge in [-0.05, 0) is 0 Å². The third-order valence-electron chi connectivity index (χ3n) is 2.80. The van der Waals surface area contributed by atoms with Crippen LogP contribution in [0.4, 0.5) is 24.9 Å². The highest BCUT2D eigenvalue weighted by Gasteiger charge is 2.34. The molecule has 2 aromatic heterocycles. The number of hydrogen-bond donors (Lipinski definition) is 1. The van der Waals surface area contributed by atoms with E-state index in [0.717, 1.165) is 11.6 Å². The second-order valence-corrected chi connectivity index (χ2v) is 4.56. The van der Waals surface area contributed by atoms with Crippen molar-refractivity contribution in [1.82, 2.24) is 19.7 Å². The van der Waals surface area contributed by atoms with Crippen molar-refractivity contribution in [3.63, 3.8) is 0 Å². The molecule has 0 aliphatic heterocycles. The van der Waals surface area contributed by atoms with E-state index in [1.54, 1.807) is 36.1 Å². The van der Waals surface area contributed by atoms with Gasteiger partial charge >= 0.3 is 6.18 Å². The van der Waals surface area contributed by atoms with E-state index >= 15 is 0 Å². The number of nitrogens with zero attached hydrogens (tertiary/aromatic N) is 5. The lowest BCUT2D eigenvalue weighted by Gasteiger charge is -2.19. The fourth-order valence-corrected chi connectivity index (χ4v) is 1.80. The molecule has 114 valence electrons. The number of hydrogen-bond acceptors (Lipinski definition) is 5. The number of aryl methyl sites for hydroxylation is 1. The van der Waals surface area contributed by atoms with Crippen LogP contribution >= 0.6 is 0 Å². The molecule has 2 rings (SSSR count). The summed E-state index contributed by atoms with van der Waals surface area (Å²) in [6.45, 7) is 0.394. The number of alkyl halides is 3. The zero-order valence-electron chi connectivity index (χ0n) is 11.8. The Balaban J connectivity index is 2.29. The highest BCUT2D eigenvalue weighted by atomic mass is 19.4. The topological polar surface area (TPSA) is 58.9 Å². The largest absolute Gasteiger partial charge is 0.433 e. The average Bonchev–Trinajstić information content (AvgIpc) is 2.82. The van der Waals surface area contributed by atoms with Crippen molar-refractivity contribution in [3.05, 3.63) is 29.7 Å². The van der Waals surface area contributed by atoms with E-state index in [1.807, 2.05) is 0 Å². The minimum atomic E-state index is -4.52. The number of aromatic nitrogens is 4. The molecule has 21 heavy (non-hydrogen) atoms. The molecule has 0 saturated heterocycles. The van der Waals surface area contributed by atoms with Crippen LogP contribution in [0, 0.1) is 0 Å². The molecular formula is C12H15F3N6. The molecule has 2 aromatic rings. The molecule has 2 heterocycles. The molecule has 0 spiro atoms. The van der Waals surface area contributed by atoms with Crippen LogP contribution in [0.3, 0.4) is 0 Å². The second kappa shape index (κ2) is 5.58. The van der Waals surface area contributed by atoms with Crippen molar-refractivity contribution in [2.75, 3.05) is 24.3 Å². The molecule has 0 radical (unpaired) electrons. The SMILES string of the molecule is CNc1nc(N(C)Cc2cnn(C)c2)cc(C(F)(F)F)n1. The van der Waals surface area contributed by atoms with Crippen LogP contribution in [0.25, 0.3) is 0 Å². The quantitative estimate of drug-likeness (QED) is 0.934. The highest BCUT2D eigenvalue weighted by molar-refractivity contribution is 5.45. The maximum atomic E-state index is 12.8. The molecule has 0 saturated carbocycles. The van der Waals surface area contributed by atoms with Gasteiger partial charge in [0.15, 0.2) is 5.69 Å². The molecule has 1 N–H and O–H groups in total. The number of halogens is 3. The van der Waals surface area contributed by atoms with Gasteiger partial charge in [0.05, 0.1) is 6.20 Å². The van der Waals surface area contributed by atoms with Crippen molar-refractivity contribution in [2.24, 2.45) is 7.05 Å². The number of anilines is 2. The molecule has 0 fully saturated rings. The van der Waals surface area contributed by atoms with Crippen molar-refractivity contribution in [2.45, 2.75) is 12.7 Å². The summed E-state index contributed by atoms with van der Waals surface area (Å²) in [4.78, 5) is 9.08. The Bertz CT molecular complexity index is 622. The van der Waals surface area contributed by atoms with Gasteiger partial charge in [-0.1, -0.05) is 0 Å². The van der Waals surface area contributed by atoms with Crippen LogP contribution in [0.15, 0.2) is 18.5 Å². The van der Waals surface area contributed by atoms with Gasteiger partial charge in [0.1, 0.15) is 5.82 Å². The Morgan fingerprint density at radius 2 is 2.05 bits per heavy atom. The lowest BCUT2D eigenvalue weighted by molar-refractivity contribution is -0.141. The van der Waals surface area contributed by atoms with E-state index in [1.165, 1.54) is 7.05 Å². The fraction of sp³-hybridized carbons (Fsp3) is 0.417. The first-order valence-electron chi connectivity index (χ1n) is 6.12. The van der Waals surface area contributed by atoms with E-state index in [2.05, 4.69) is 20.4 Å². The first-order chi connectivity index (χ1) is 9.79. The van der Waals surface area contributed by atoms with E-state index in [0.29, 0.717) is 6.54 Å². The van der Waals surface area contributed by atoms with Gasteiger partial charge in [-0.3, -0.25) is 4.68 Å². The monoisotopic (exact) mass is 300 g/mol. The third-order valence-corrected chi connectivity index (χ3v) is 2.80. The molecule has 0 aliphatic carbocycles. The lowest BCUT2D eigenvalue weighted by atomic mass is 10.3. The van der Waals surface area contributed by atoms with Crippen molar-refractivity contribution < 1.29 is 13.2 Å². The maximum Gasteiger partial charge on any atom is 0.433 e. The van der Waals surface area contributed by atoms with Crippen molar-refractivity contribution in [3.8, 4) is 0 Å². The summed E-state index contributed by atoms with van der Waals surface area (Å²) in [6, 6.07) is 0.928. The summed E-state index contributed by atoms with van der Waals surface area (Å²) in [6.07, 6.45) is -1.07. The van der Waals surface area contributed by atoms with Crippen LogP contribution in [-0.4, -0.2) is 33.8 Å². The predicted molar refractivity (Wildman–Crippen MR) is 71.9 cm³/mol. The first-order valence-corrected chi connectivity index (χ1v) is 6.12. The Labute approximate surface area is 119 Å². The molecule has 0 aliphatic rings. The predicted octanol–water partition coefficient (Wildman–Crippen LogP) is 1.91. The van der Waals surface area contributed by atoms with Gasteiger partial charge in [-0.2, -0.15) is 23.3 Å². The Morgan fingerprint density at radius 1 is 1.33 bits per heavy atom. The summed E-state index contributed by atoms with van der Waals surface area (Å²) in [5.74, 6) is 0.114. The lowest BCUT2D eigenvalue weighted by Crippen LogP contribution is -2.20. The van der Waals surface area contributed by atoms with Crippen molar-refractivity contribution >= 4 is 11.8 Å². The van der Waals surface area contributed by atoms with Crippen LogP contribution in [0.1, 0.15) is 11.3 Å². The zero-order chi connectivity index (χ0) is 15.6. The highest BCUT2D eigenvalue weighted by Crippen LogP contribution is 2.30. The van der Waals surface area contributed by atoms with Gasteiger partial charge < -0.3 is 10.2 Å². The van der Waals surface area contributed by atoms with Crippen LogP contribution in [0.5, 0.6) is 0 Å². The number of nitrogens with one attached hydrogen (secondary N) is 1. The van der Waals surface area contributed by atoms with Gasteiger partial charge in [-0.25, -0.2) is 4.98 Å². The second-order valence-electron chi connectivity index (χ2n) is 4.56. The summed E-state index contributed by atoms with van der Waals surface area (Å²) in [7, 11) is 4.91. The molecule has 0 amide bonds. The molecule has 0 atom stereocenters. The van der Waals surface area contributed by atoms with Crippen LogP contribution < -0.4 is 10.2 Å². The Morgan fingerprint density at radius 3 is 2.57 bits per heavy atom. The van der Waals surface area contributed by atoms with Gasteiger partial charge in [0.25, 0.3) is 0 Å². The third kappa shape index (κ3) is 3.61. The van der Waals surface area contributed by atoms with E-state index in [4.69, 9.17) is 0 Å². The molecule has 0 bridgehead atoms. The normalized spacial score (nSPS) is 11.5. The number of rotatable bonds is 4. The smallest absolute Gasteiger partial charge is 0.357 e. The van der Waals surface area contributed by atoms with Crippen LogP contribution in [-0.2, 0) is 19.8 Å². The standard InChI is InChI=1S/C12H15F3N6/c1-16-11-18-9(12(13,14)15)4-10(19-11)20(2)6-8-5-17-21(3)7-8/h4-5,7H,6H2,1-3H3,(H,16,18,19). The summed E-state index contributed by atoms with van der Waals surface area (Å²) < 4.78 is 40.1. The molecule has 0 aromatic carbocycles. The zero-order valence-corrected chi connectivity index (χ0v) is 11.8. The van der Waals surface area contributed by atoms with Crippen molar-refractivity contribution in [1.29, 1.82) is 0 Å². The fourth-order valence-electron chi connectivity index (χ4n) is 1.80. The van der Waals surface area contributed by atoms with E-state index in [9.17, 15) is 13.2 Å². The molecule has 6 nitrogen and oxygen atoms in total. The van der Waals surface area contributed by atoms with E-state index in [-0.39, 0.29) is 11.8 Å². The van der Waals surface area contributed by atoms with Gasteiger partial charge in [-0.15, -0.1) is 0 Å². The van der Waals surface area contributed by atoms with Gasteiger partial charge in [0.2, 0.25) is 5.95 Å².